The zero-order valence-corrected chi connectivity index (χ0v) is 13.3. The second-order valence-corrected chi connectivity index (χ2v) is 6.17. The van der Waals surface area contributed by atoms with Crippen LogP contribution in [0.25, 0.3) is 0 Å². The third-order valence-corrected chi connectivity index (χ3v) is 4.85. The summed E-state index contributed by atoms with van der Waals surface area (Å²) in [4.78, 5) is 24.5. The maximum atomic E-state index is 12.7. The van der Waals surface area contributed by atoms with Crippen LogP contribution in [0.2, 0.25) is 0 Å². The van der Waals surface area contributed by atoms with Crippen molar-refractivity contribution in [1.29, 1.82) is 0 Å². The number of hydrogen-bond acceptors (Lipinski definition) is 5. The number of thiophene rings is 1. The normalized spacial score (nSPS) is 21.8. The molecule has 1 aromatic rings. The van der Waals surface area contributed by atoms with Crippen LogP contribution in [-0.2, 0) is 9.53 Å². The summed E-state index contributed by atoms with van der Waals surface area (Å²) in [7, 11) is 0. The summed E-state index contributed by atoms with van der Waals surface area (Å²) < 4.78 is 5.01. The minimum absolute atomic E-state index is 0.00908. The highest BCUT2D eigenvalue weighted by atomic mass is 32.1. The van der Waals surface area contributed by atoms with Gasteiger partial charge in [0.25, 0.3) is 0 Å². The summed E-state index contributed by atoms with van der Waals surface area (Å²) in [5.74, 6) is -0.397. The molecular weight excluding hydrogens is 288 g/mol. The first-order valence-electron chi connectivity index (χ1n) is 7.39. The maximum Gasteiger partial charge on any atom is 0.341 e. The Morgan fingerprint density at radius 3 is 2.90 bits per heavy atom. The summed E-state index contributed by atoms with van der Waals surface area (Å²) in [6.45, 7) is 5.78. The van der Waals surface area contributed by atoms with Crippen molar-refractivity contribution in [3.05, 3.63) is 17.0 Å². The van der Waals surface area contributed by atoms with Crippen molar-refractivity contribution in [2.24, 2.45) is 5.41 Å². The lowest BCUT2D eigenvalue weighted by molar-refractivity contribution is -0.126. The number of esters is 1. The van der Waals surface area contributed by atoms with E-state index < -0.39 is 0 Å². The summed E-state index contributed by atoms with van der Waals surface area (Å²) in [6.07, 6.45) is 2.66. The van der Waals surface area contributed by atoms with Gasteiger partial charge >= 0.3 is 5.97 Å². The molecule has 0 aromatic carbocycles. The van der Waals surface area contributed by atoms with Gasteiger partial charge in [-0.25, -0.2) is 4.79 Å². The number of nitrogens with one attached hydrogen (secondary N) is 2. The molecule has 116 valence electrons. The Hall–Kier alpha value is -1.40. The predicted octanol–water partition coefficient (Wildman–Crippen LogP) is 2.64. The van der Waals surface area contributed by atoms with Crippen LogP contribution in [0.4, 0.5) is 5.00 Å². The van der Waals surface area contributed by atoms with Gasteiger partial charge in [0, 0.05) is 6.54 Å². The molecule has 5 nitrogen and oxygen atoms in total. The van der Waals surface area contributed by atoms with Crippen LogP contribution in [0.5, 0.6) is 0 Å². The smallest absolute Gasteiger partial charge is 0.341 e. The first-order valence-corrected chi connectivity index (χ1v) is 8.27. The topological polar surface area (TPSA) is 67.4 Å². The molecule has 1 fully saturated rings. The lowest BCUT2D eigenvalue weighted by atomic mass is 9.77. The fourth-order valence-electron chi connectivity index (χ4n) is 2.64. The monoisotopic (exact) mass is 310 g/mol. The van der Waals surface area contributed by atoms with E-state index in [1.807, 2.05) is 6.92 Å². The molecule has 0 bridgehead atoms. The Morgan fingerprint density at radius 2 is 2.29 bits per heavy atom. The zero-order chi connectivity index (χ0) is 15.3. The van der Waals surface area contributed by atoms with Crippen LogP contribution in [0.1, 0.15) is 43.5 Å². The van der Waals surface area contributed by atoms with Crippen LogP contribution in [-0.4, -0.2) is 31.6 Å². The first-order chi connectivity index (χ1) is 10.1. The van der Waals surface area contributed by atoms with E-state index >= 15 is 0 Å². The van der Waals surface area contributed by atoms with Crippen molar-refractivity contribution in [2.75, 3.05) is 25.0 Å². The molecule has 6 heteroatoms. The van der Waals surface area contributed by atoms with Crippen molar-refractivity contribution in [1.82, 2.24) is 5.32 Å². The summed E-state index contributed by atoms with van der Waals surface area (Å²) in [6, 6.07) is 1.69. The first kappa shape index (κ1) is 16.0. The average Bonchev–Trinajstić information content (AvgIpc) is 2.96. The Balaban J connectivity index is 2.12. The minimum Gasteiger partial charge on any atom is -0.462 e. The number of amides is 1. The average molecular weight is 310 g/mol. The third-order valence-electron chi connectivity index (χ3n) is 4.02. The van der Waals surface area contributed by atoms with Gasteiger partial charge in [-0.2, -0.15) is 0 Å². The minimum atomic E-state index is -0.388. The van der Waals surface area contributed by atoms with Gasteiger partial charge in [-0.15, -0.1) is 11.3 Å². The molecule has 2 rings (SSSR count). The molecule has 1 saturated heterocycles. The van der Waals surface area contributed by atoms with Crippen molar-refractivity contribution in [3.63, 3.8) is 0 Å². The fraction of sp³-hybridized carbons (Fsp3) is 0.600. The zero-order valence-electron chi connectivity index (χ0n) is 12.5. The van der Waals surface area contributed by atoms with E-state index in [-0.39, 0.29) is 17.3 Å². The highest BCUT2D eigenvalue weighted by Crippen LogP contribution is 2.33. The summed E-state index contributed by atoms with van der Waals surface area (Å²) in [5.41, 5.74) is 0.0546. The Bertz CT molecular complexity index is 507. The van der Waals surface area contributed by atoms with Gasteiger partial charge in [-0.05, 0) is 44.2 Å². The van der Waals surface area contributed by atoms with Gasteiger partial charge in [-0.1, -0.05) is 6.92 Å². The quantitative estimate of drug-likeness (QED) is 0.821. The van der Waals surface area contributed by atoms with Crippen molar-refractivity contribution in [3.8, 4) is 0 Å². The standard InChI is InChI=1S/C15H22N2O3S/c1-3-15(7-5-8-16-10-15)14(19)17-12-11(6-9-21-12)13(18)20-4-2/h6,9,16H,3-5,7-8,10H2,1-2H3,(H,17,19). The highest BCUT2D eigenvalue weighted by Gasteiger charge is 2.38. The number of carbonyl (C=O) groups is 2. The van der Waals surface area contributed by atoms with Gasteiger partial charge in [0.05, 0.1) is 17.6 Å². The van der Waals surface area contributed by atoms with Gasteiger partial charge in [0.1, 0.15) is 5.00 Å². The molecule has 1 amide bonds. The second kappa shape index (κ2) is 7.04. The van der Waals surface area contributed by atoms with Crippen molar-refractivity contribution >= 4 is 28.2 Å². The van der Waals surface area contributed by atoms with Crippen LogP contribution >= 0.6 is 11.3 Å². The number of carbonyl (C=O) groups excluding carboxylic acids is 2. The van der Waals surface area contributed by atoms with Gasteiger partial charge in [-0.3, -0.25) is 4.79 Å². The molecule has 2 N–H and O–H groups in total. The van der Waals surface area contributed by atoms with E-state index in [2.05, 4.69) is 10.6 Å². The van der Waals surface area contributed by atoms with E-state index in [0.717, 1.165) is 25.8 Å². The Morgan fingerprint density at radius 1 is 1.48 bits per heavy atom. The number of ether oxygens (including phenoxy) is 1. The number of hydrogen-bond donors (Lipinski definition) is 2. The van der Waals surface area contributed by atoms with Crippen molar-refractivity contribution < 1.29 is 14.3 Å². The lowest BCUT2D eigenvalue weighted by Gasteiger charge is -2.35. The van der Waals surface area contributed by atoms with E-state index in [1.165, 1.54) is 11.3 Å². The maximum absolute atomic E-state index is 12.7. The molecule has 21 heavy (non-hydrogen) atoms. The van der Waals surface area contributed by atoms with Gasteiger partial charge in [0.15, 0.2) is 0 Å². The van der Waals surface area contributed by atoms with Gasteiger partial charge in [0.2, 0.25) is 5.91 Å². The molecule has 1 aliphatic heterocycles. The molecule has 0 aliphatic carbocycles. The largest absolute Gasteiger partial charge is 0.462 e. The predicted molar refractivity (Wildman–Crippen MR) is 83.7 cm³/mol. The number of rotatable bonds is 5. The molecule has 2 heterocycles. The van der Waals surface area contributed by atoms with E-state index in [0.29, 0.717) is 23.7 Å². The molecule has 0 spiro atoms. The highest BCUT2D eigenvalue weighted by molar-refractivity contribution is 7.14. The molecule has 1 aromatic heterocycles. The molecule has 1 aliphatic rings. The molecule has 0 saturated carbocycles. The molecule has 0 radical (unpaired) electrons. The van der Waals surface area contributed by atoms with Crippen LogP contribution in [0, 0.1) is 5.41 Å². The second-order valence-electron chi connectivity index (χ2n) is 5.25. The molecule has 1 unspecified atom stereocenters. The molecular formula is C15H22N2O3S. The lowest BCUT2D eigenvalue weighted by Crippen LogP contribution is -2.47. The van der Waals surface area contributed by atoms with Crippen LogP contribution in [0.3, 0.4) is 0 Å². The summed E-state index contributed by atoms with van der Waals surface area (Å²) in [5, 5.41) is 8.60. The Kier molecular flexibility index (Phi) is 5.36. The van der Waals surface area contributed by atoms with E-state index in [4.69, 9.17) is 4.74 Å². The Labute approximate surface area is 129 Å². The van der Waals surface area contributed by atoms with Crippen molar-refractivity contribution in [2.45, 2.75) is 33.1 Å². The third kappa shape index (κ3) is 3.44. The fourth-order valence-corrected chi connectivity index (χ4v) is 3.41. The molecule has 1 atom stereocenters. The van der Waals surface area contributed by atoms with E-state index in [1.54, 1.807) is 18.4 Å². The summed E-state index contributed by atoms with van der Waals surface area (Å²) >= 11 is 1.35. The van der Waals surface area contributed by atoms with E-state index in [9.17, 15) is 9.59 Å². The van der Waals surface area contributed by atoms with Crippen LogP contribution < -0.4 is 10.6 Å². The number of piperidine rings is 1. The SMILES string of the molecule is CCOC(=O)c1ccsc1NC(=O)C1(CC)CCCNC1. The number of anilines is 1. The van der Waals surface area contributed by atoms with Crippen LogP contribution in [0.15, 0.2) is 11.4 Å². The van der Waals surface area contributed by atoms with Gasteiger partial charge < -0.3 is 15.4 Å².